The zero-order valence-electron chi connectivity index (χ0n) is 17.5. The second-order valence-corrected chi connectivity index (χ2v) is 8.62. The fourth-order valence-electron chi connectivity index (χ4n) is 4.80. The minimum Gasteiger partial charge on any atom is -0.315 e. The van der Waals surface area contributed by atoms with Crippen molar-refractivity contribution >= 4 is 5.65 Å². The van der Waals surface area contributed by atoms with Crippen molar-refractivity contribution in [3.63, 3.8) is 0 Å². The van der Waals surface area contributed by atoms with E-state index in [1.54, 1.807) is 4.40 Å². The molecule has 0 amide bonds. The molecule has 0 radical (unpaired) electrons. The zero-order chi connectivity index (χ0) is 21.4. The molecule has 0 unspecified atom stereocenters. The first-order valence-corrected chi connectivity index (χ1v) is 11.1. The molecule has 0 atom stereocenters. The molecular weight excluding hydrogens is 401 g/mol. The summed E-state index contributed by atoms with van der Waals surface area (Å²) in [5, 5.41) is 3.39. The monoisotopic (exact) mass is 428 g/mol. The van der Waals surface area contributed by atoms with Crippen molar-refractivity contribution in [1.29, 1.82) is 0 Å². The summed E-state index contributed by atoms with van der Waals surface area (Å²) in [5.41, 5.74) is 5.28. The molecule has 164 valence electrons. The normalized spacial score (nSPS) is 18.2. The second-order valence-electron chi connectivity index (χ2n) is 8.62. The van der Waals surface area contributed by atoms with E-state index in [2.05, 4.69) is 28.4 Å². The van der Waals surface area contributed by atoms with Gasteiger partial charge in [-0.2, -0.15) is 13.2 Å². The van der Waals surface area contributed by atoms with Crippen LogP contribution in [0.1, 0.15) is 41.6 Å². The third-order valence-electron chi connectivity index (χ3n) is 6.47. The summed E-state index contributed by atoms with van der Waals surface area (Å²) in [5.74, 6) is 0. The molecule has 2 aromatic heterocycles. The number of imidazole rings is 1. The number of rotatable bonds is 3. The molecule has 1 saturated heterocycles. The summed E-state index contributed by atoms with van der Waals surface area (Å²) in [7, 11) is 0. The van der Waals surface area contributed by atoms with Gasteiger partial charge in [-0.3, -0.25) is 4.90 Å². The molecule has 7 heteroatoms. The van der Waals surface area contributed by atoms with Gasteiger partial charge in [-0.25, -0.2) is 4.98 Å². The molecule has 1 aromatic carbocycles. The second kappa shape index (κ2) is 8.28. The smallest absolute Gasteiger partial charge is 0.315 e. The van der Waals surface area contributed by atoms with Gasteiger partial charge in [-0.05, 0) is 74.5 Å². The first-order valence-electron chi connectivity index (χ1n) is 11.1. The number of benzene rings is 1. The lowest BCUT2D eigenvalue weighted by molar-refractivity contribution is -0.137. The van der Waals surface area contributed by atoms with Crippen LogP contribution in [0.3, 0.4) is 0 Å². The molecule has 4 nitrogen and oxygen atoms in total. The van der Waals surface area contributed by atoms with Crippen molar-refractivity contribution in [2.24, 2.45) is 0 Å². The van der Waals surface area contributed by atoms with Gasteiger partial charge in [0.25, 0.3) is 0 Å². The standard InChI is InChI=1S/C24H27F3N4/c25-24(26,27)20-8-9-22-29-23(19-7-6-17-4-1-2-5-18(17)14-19)21(31(22)15-20)16-30-12-3-10-28-11-13-30/h6-9,14-15,28H,1-5,10-13,16H2. The van der Waals surface area contributed by atoms with Crippen molar-refractivity contribution < 1.29 is 13.2 Å². The predicted octanol–water partition coefficient (Wildman–Crippen LogP) is 4.69. The van der Waals surface area contributed by atoms with E-state index in [4.69, 9.17) is 4.98 Å². The molecule has 1 aliphatic heterocycles. The lowest BCUT2D eigenvalue weighted by Crippen LogP contribution is -2.28. The third kappa shape index (κ3) is 4.21. The summed E-state index contributed by atoms with van der Waals surface area (Å²) in [6, 6.07) is 9.07. The topological polar surface area (TPSA) is 32.6 Å². The molecule has 2 aliphatic rings. The van der Waals surface area contributed by atoms with Crippen LogP contribution in [-0.2, 0) is 25.6 Å². The quantitative estimate of drug-likeness (QED) is 0.657. The number of aromatic nitrogens is 2. The van der Waals surface area contributed by atoms with Gasteiger partial charge in [0, 0.05) is 31.4 Å². The van der Waals surface area contributed by atoms with Crippen molar-refractivity contribution in [1.82, 2.24) is 19.6 Å². The fraction of sp³-hybridized carbons (Fsp3) is 0.458. The summed E-state index contributed by atoms with van der Waals surface area (Å²) in [4.78, 5) is 7.11. The van der Waals surface area contributed by atoms with Gasteiger partial charge in [0.15, 0.2) is 0 Å². The van der Waals surface area contributed by atoms with Gasteiger partial charge >= 0.3 is 6.18 Å². The van der Waals surface area contributed by atoms with E-state index < -0.39 is 11.7 Å². The number of alkyl halides is 3. The molecule has 0 spiro atoms. The number of pyridine rings is 1. The number of aryl methyl sites for hydroxylation is 2. The SMILES string of the molecule is FC(F)(F)c1ccc2nc(-c3ccc4c(c3)CCCC4)c(CN3CCCNCC3)n2c1. The Balaban J connectivity index is 1.62. The van der Waals surface area contributed by atoms with Crippen molar-refractivity contribution in [3.05, 3.63) is 58.9 Å². The maximum atomic E-state index is 13.4. The van der Waals surface area contributed by atoms with E-state index in [-0.39, 0.29) is 0 Å². The highest BCUT2D eigenvalue weighted by Crippen LogP contribution is 2.33. The molecule has 3 heterocycles. The molecule has 0 saturated carbocycles. The maximum Gasteiger partial charge on any atom is 0.417 e. The van der Waals surface area contributed by atoms with Crippen LogP contribution in [0.5, 0.6) is 0 Å². The average molecular weight is 429 g/mol. The zero-order valence-corrected chi connectivity index (χ0v) is 17.5. The summed E-state index contributed by atoms with van der Waals surface area (Å²) >= 11 is 0. The van der Waals surface area contributed by atoms with Crippen LogP contribution < -0.4 is 5.32 Å². The molecule has 0 bridgehead atoms. The van der Waals surface area contributed by atoms with E-state index in [0.717, 1.165) is 68.5 Å². The van der Waals surface area contributed by atoms with Gasteiger partial charge in [-0.1, -0.05) is 12.1 Å². The fourth-order valence-corrected chi connectivity index (χ4v) is 4.80. The molecular formula is C24H27F3N4. The Labute approximate surface area is 180 Å². The third-order valence-corrected chi connectivity index (χ3v) is 6.47. The van der Waals surface area contributed by atoms with Gasteiger partial charge in [0.05, 0.1) is 17.0 Å². The van der Waals surface area contributed by atoms with Crippen LogP contribution in [0.2, 0.25) is 0 Å². The minimum absolute atomic E-state index is 0.559. The average Bonchev–Trinajstić information content (AvgIpc) is 2.92. The summed E-state index contributed by atoms with van der Waals surface area (Å²) in [6.45, 7) is 4.23. The van der Waals surface area contributed by atoms with Gasteiger partial charge in [0.2, 0.25) is 0 Å². The molecule has 5 rings (SSSR count). The number of nitrogens with one attached hydrogen (secondary N) is 1. The molecule has 3 aromatic rings. The summed E-state index contributed by atoms with van der Waals surface area (Å²) < 4.78 is 41.9. The molecule has 31 heavy (non-hydrogen) atoms. The van der Waals surface area contributed by atoms with E-state index in [1.165, 1.54) is 36.2 Å². The van der Waals surface area contributed by atoms with E-state index in [0.29, 0.717) is 12.2 Å². The maximum absolute atomic E-state index is 13.4. The van der Waals surface area contributed by atoms with Gasteiger partial charge < -0.3 is 9.72 Å². The number of nitrogens with zero attached hydrogens (tertiary/aromatic N) is 3. The molecule has 1 fully saturated rings. The van der Waals surface area contributed by atoms with E-state index >= 15 is 0 Å². The number of halogens is 3. The highest BCUT2D eigenvalue weighted by molar-refractivity contribution is 5.68. The highest BCUT2D eigenvalue weighted by Gasteiger charge is 2.31. The van der Waals surface area contributed by atoms with E-state index in [1.807, 2.05) is 0 Å². The molecule has 1 aliphatic carbocycles. The van der Waals surface area contributed by atoms with Crippen LogP contribution in [-0.4, -0.2) is 40.5 Å². The first kappa shape index (κ1) is 20.5. The van der Waals surface area contributed by atoms with Crippen molar-refractivity contribution in [3.8, 4) is 11.3 Å². The Morgan fingerprint density at radius 1 is 0.935 bits per heavy atom. The Bertz CT molecular complexity index is 1080. The highest BCUT2D eigenvalue weighted by atomic mass is 19.4. The Morgan fingerprint density at radius 2 is 1.77 bits per heavy atom. The number of hydrogen-bond acceptors (Lipinski definition) is 3. The van der Waals surface area contributed by atoms with Crippen molar-refractivity contribution in [2.45, 2.75) is 44.8 Å². The minimum atomic E-state index is -4.38. The van der Waals surface area contributed by atoms with Crippen LogP contribution in [0.15, 0.2) is 36.5 Å². The largest absolute Gasteiger partial charge is 0.417 e. The van der Waals surface area contributed by atoms with Crippen LogP contribution >= 0.6 is 0 Å². The Kier molecular flexibility index (Phi) is 5.48. The lowest BCUT2D eigenvalue weighted by Gasteiger charge is -2.21. The van der Waals surface area contributed by atoms with Crippen LogP contribution in [0.4, 0.5) is 13.2 Å². The Morgan fingerprint density at radius 3 is 2.61 bits per heavy atom. The first-order chi connectivity index (χ1) is 15.0. The number of hydrogen-bond donors (Lipinski definition) is 1. The van der Waals surface area contributed by atoms with Crippen LogP contribution in [0, 0.1) is 0 Å². The van der Waals surface area contributed by atoms with Gasteiger partial charge in [0.1, 0.15) is 5.65 Å². The molecule has 1 N–H and O–H groups in total. The van der Waals surface area contributed by atoms with Crippen LogP contribution in [0.25, 0.3) is 16.9 Å². The lowest BCUT2D eigenvalue weighted by atomic mass is 9.90. The predicted molar refractivity (Wildman–Crippen MR) is 115 cm³/mol. The van der Waals surface area contributed by atoms with E-state index in [9.17, 15) is 13.2 Å². The Hall–Kier alpha value is -2.38. The van der Waals surface area contributed by atoms with Gasteiger partial charge in [-0.15, -0.1) is 0 Å². The van der Waals surface area contributed by atoms with Crippen molar-refractivity contribution in [2.75, 3.05) is 26.2 Å². The summed E-state index contributed by atoms with van der Waals surface area (Å²) in [6.07, 6.45) is 2.41. The number of fused-ring (bicyclic) bond motifs is 2.